The average Bonchev–Trinajstić information content (AvgIpc) is 2.73. The molecule has 12 heteroatoms. The number of pyridine rings is 2. The van der Waals surface area contributed by atoms with E-state index in [-0.39, 0.29) is 27.7 Å². The summed E-state index contributed by atoms with van der Waals surface area (Å²) >= 11 is 0. The Labute approximate surface area is 203 Å². The number of benzene rings is 1. The Kier molecular flexibility index (Phi) is 6.14. The van der Waals surface area contributed by atoms with Crippen molar-refractivity contribution < 1.29 is 21.9 Å². The minimum absolute atomic E-state index is 0.0512. The van der Waals surface area contributed by atoms with Crippen LogP contribution >= 0.6 is 0 Å². The van der Waals surface area contributed by atoms with Gasteiger partial charge in [-0.25, -0.2) is 8.42 Å². The van der Waals surface area contributed by atoms with Gasteiger partial charge in [-0.1, -0.05) is 19.9 Å². The van der Waals surface area contributed by atoms with Crippen LogP contribution in [0.5, 0.6) is 5.88 Å². The maximum Gasteiger partial charge on any atom is 0.286 e. The van der Waals surface area contributed by atoms with Crippen LogP contribution in [0, 0.1) is 12.8 Å². The average molecular weight is 519 g/mol. The number of hydrogen-bond acceptors (Lipinski definition) is 7. The molecule has 0 spiro atoms. The van der Waals surface area contributed by atoms with Crippen LogP contribution in [-0.2, 0) is 26.5 Å². The van der Waals surface area contributed by atoms with E-state index in [0.717, 1.165) is 24.3 Å². The van der Waals surface area contributed by atoms with E-state index in [4.69, 9.17) is 0 Å². The molecule has 3 heterocycles. The minimum atomic E-state index is -4.32. The Morgan fingerprint density at radius 1 is 1.20 bits per heavy atom. The first kappa shape index (κ1) is 24.7. The topological polar surface area (TPSA) is 146 Å². The summed E-state index contributed by atoms with van der Waals surface area (Å²) < 4.78 is 56.6. The first-order chi connectivity index (χ1) is 16.3. The molecule has 3 aromatic rings. The van der Waals surface area contributed by atoms with Gasteiger partial charge in [-0.15, -0.1) is 4.40 Å². The Morgan fingerprint density at radius 2 is 1.91 bits per heavy atom. The molecule has 4 rings (SSSR count). The van der Waals surface area contributed by atoms with E-state index < -0.39 is 31.4 Å². The normalized spacial score (nSPS) is 14.9. The second-order valence-corrected chi connectivity index (χ2v) is 12.3. The lowest BCUT2D eigenvalue weighted by Crippen LogP contribution is -2.30. The van der Waals surface area contributed by atoms with E-state index in [2.05, 4.69) is 14.4 Å². The molecule has 3 N–H and O–H groups in total. The van der Waals surface area contributed by atoms with Crippen LogP contribution in [0.1, 0.15) is 37.0 Å². The first-order valence-corrected chi connectivity index (χ1v) is 14.2. The van der Waals surface area contributed by atoms with Gasteiger partial charge in [0.05, 0.1) is 17.5 Å². The van der Waals surface area contributed by atoms with E-state index >= 15 is 0 Å². The van der Waals surface area contributed by atoms with Crippen molar-refractivity contribution in [1.82, 2.24) is 4.40 Å². The van der Waals surface area contributed by atoms with Crippen LogP contribution in [0.3, 0.4) is 0 Å². The van der Waals surface area contributed by atoms with Gasteiger partial charge in [0.15, 0.2) is 11.3 Å². The number of amidine groups is 1. The molecule has 0 bridgehead atoms. The van der Waals surface area contributed by atoms with Gasteiger partial charge < -0.3 is 10.4 Å². The molecule has 10 nitrogen and oxygen atoms in total. The molecule has 0 saturated carbocycles. The lowest BCUT2D eigenvalue weighted by Gasteiger charge is -2.21. The predicted octanol–water partition coefficient (Wildman–Crippen LogP) is 2.83. The number of rotatable bonds is 6. The van der Waals surface area contributed by atoms with E-state index in [1.54, 1.807) is 12.3 Å². The SMILES string of the molecule is Cc1ccc2c(CCC(C)C)c(=O)c(C3=NS(=O)(=O)c4cc(NS(C)(=O)=O)ccc4N3)c(O)n2c1. The standard InChI is InChI=1S/C23H26N4O6S2/c1-13(2)5-8-16-18-10-6-14(3)12-27(18)23(29)20(21(16)28)22-24-17-9-7-15(25-34(4,30)31)11-19(17)35(32,33)26-22/h6-7,9-13,25,29H,5,8H2,1-4H3,(H,24,26). The zero-order valence-corrected chi connectivity index (χ0v) is 21.3. The molecule has 1 aliphatic rings. The lowest BCUT2D eigenvalue weighted by molar-refractivity contribution is 0.443. The molecule has 0 saturated heterocycles. The smallest absolute Gasteiger partial charge is 0.286 e. The fourth-order valence-corrected chi connectivity index (χ4v) is 5.65. The van der Waals surface area contributed by atoms with Crippen LogP contribution in [0.25, 0.3) is 5.52 Å². The number of nitrogens with zero attached hydrogens (tertiary/aromatic N) is 2. The second kappa shape index (κ2) is 8.68. The molecule has 0 unspecified atom stereocenters. The van der Waals surface area contributed by atoms with E-state index in [9.17, 15) is 26.7 Å². The Bertz CT molecular complexity index is 1660. The molecular formula is C23H26N4O6S2. The third-order valence-corrected chi connectivity index (χ3v) is 7.52. The van der Waals surface area contributed by atoms with Crippen molar-refractivity contribution in [2.75, 3.05) is 16.3 Å². The van der Waals surface area contributed by atoms with Crippen LogP contribution in [0.2, 0.25) is 0 Å². The highest BCUT2D eigenvalue weighted by atomic mass is 32.2. The maximum atomic E-state index is 13.6. The fraction of sp³-hybridized carbons (Fsp3) is 0.304. The molecule has 1 aromatic carbocycles. The molecule has 1 aliphatic heterocycles. The number of aromatic hydroxyl groups is 1. The van der Waals surface area contributed by atoms with Gasteiger partial charge in [-0.3, -0.25) is 13.9 Å². The number of nitrogens with one attached hydrogen (secondary N) is 2. The van der Waals surface area contributed by atoms with Gasteiger partial charge in [0, 0.05) is 17.4 Å². The summed E-state index contributed by atoms with van der Waals surface area (Å²) in [6.07, 6.45) is 3.78. The van der Waals surface area contributed by atoms with Gasteiger partial charge in [0.2, 0.25) is 15.9 Å². The van der Waals surface area contributed by atoms with Gasteiger partial charge in [-0.05, 0) is 55.5 Å². The van der Waals surface area contributed by atoms with Crippen molar-refractivity contribution in [3.8, 4) is 5.88 Å². The van der Waals surface area contributed by atoms with Gasteiger partial charge >= 0.3 is 0 Å². The summed E-state index contributed by atoms with van der Waals surface area (Å²) in [4.78, 5) is 13.3. The van der Waals surface area contributed by atoms with Crippen molar-refractivity contribution >= 4 is 42.8 Å². The molecule has 186 valence electrons. The third-order valence-electron chi connectivity index (χ3n) is 5.59. The summed E-state index contributed by atoms with van der Waals surface area (Å²) in [5.41, 5.74) is 1.22. The molecule has 0 atom stereocenters. The number of fused-ring (bicyclic) bond motifs is 2. The fourth-order valence-electron chi connectivity index (χ4n) is 3.95. The van der Waals surface area contributed by atoms with Gasteiger partial charge in [0.1, 0.15) is 10.5 Å². The van der Waals surface area contributed by atoms with Crippen molar-refractivity contribution in [3.63, 3.8) is 0 Å². The molecular weight excluding hydrogens is 492 g/mol. The zero-order valence-electron chi connectivity index (χ0n) is 19.7. The van der Waals surface area contributed by atoms with Crippen LogP contribution in [0.4, 0.5) is 11.4 Å². The molecule has 35 heavy (non-hydrogen) atoms. The van der Waals surface area contributed by atoms with Crippen LogP contribution < -0.4 is 15.5 Å². The molecule has 2 aromatic heterocycles. The number of anilines is 2. The van der Waals surface area contributed by atoms with Crippen LogP contribution in [-0.4, -0.2) is 38.4 Å². The van der Waals surface area contributed by atoms with Gasteiger partial charge in [0.25, 0.3) is 10.0 Å². The van der Waals surface area contributed by atoms with Crippen molar-refractivity contribution in [2.45, 2.75) is 38.5 Å². The van der Waals surface area contributed by atoms with E-state index in [1.807, 2.05) is 26.8 Å². The summed E-state index contributed by atoms with van der Waals surface area (Å²) in [7, 11) is -7.94. The molecule has 0 aliphatic carbocycles. The molecule has 0 radical (unpaired) electrons. The monoisotopic (exact) mass is 518 g/mol. The summed E-state index contributed by atoms with van der Waals surface area (Å²) in [5, 5.41) is 13.9. The number of aromatic nitrogens is 1. The highest BCUT2D eigenvalue weighted by Crippen LogP contribution is 2.33. The van der Waals surface area contributed by atoms with E-state index in [1.165, 1.54) is 16.5 Å². The number of sulfonamides is 2. The number of aryl methyl sites for hydroxylation is 2. The zero-order chi connectivity index (χ0) is 25.7. The van der Waals surface area contributed by atoms with Crippen LogP contribution in [0.15, 0.2) is 50.6 Å². The Morgan fingerprint density at radius 3 is 2.57 bits per heavy atom. The highest BCUT2D eigenvalue weighted by Gasteiger charge is 2.30. The van der Waals surface area contributed by atoms with Gasteiger partial charge in [-0.2, -0.15) is 8.42 Å². The number of hydrogen-bond donors (Lipinski definition) is 3. The Balaban J connectivity index is 1.91. The lowest BCUT2D eigenvalue weighted by atomic mass is 9.99. The minimum Gasteiger partial charge on any atom is -0.494 e. The largest absolute Gasteiger partial charge is 0.494 e. The molecule has 0 amide bonds. The van der Waals surface area contributed by atoms with Crippen molar-refractivity contribution in [1.29, 1.82) is 0 Å². The summed E-state index contributed by atoms with van der Waals surface area (Å²) in [6.45, 7) is 5.91. The molecule has 0 fully saturated rings. The second-order valence-electron chi connectivity index (χ2n) is 9.03. The van der Waals surface area contributed by atoms with E-state index in [0.29, 0.717) is 23.4 Å². The van der Waals surface area contributed by atoms with Crippen molar-refractivity contribution in [2.24, 2.45) is 10.3 Å². The van der Waals surface area contributed by atoms with Crippen molar-refractivity contribution in [3.05, 3.63) is 63.4 Å². The maximum absolute atomic E-state index is 13.6. The third kappa shape index (κ3) is 4.89. The summed E-state index contributed by atoms with van der Waals surface area (Å²) in [6, 6.07) is 7.49. The predicted molar refractivity (Wildman–Crippen MR) is 135 cm³/mol. The first-order valence-electron chi connectivity index (χ1n) is 10.9. The Hall–Kier alpha value is -3.38. The highest BCUT2D eigenvalue weighted by molar-refractivity contribution is 7.92. The quantitative estimate of drug-likeness (QED) is 0.455. The summed E-state index contributed by atoms with van der Waals surface area (Å²) in [5.74, 6) is -0.405.